The zero-order valence-electron chi connectivity index (χ0n) is 15.8. The molecule has 8 heteroatoms. The van der Waals surface area contributed by atoms with Crippen LogP contribution in [-0.4, -0.2) is 30.3 Å². The fraction of sp³-hybridized carbons (Fsp3) is 0.421. The quantitative estimate of drug-likeness (QED) is 0.549. The molecule has 2 rings (SSSR count). The number of carbonyl (C=O) groups is 3. The molecular formula is C19H23Cl2N3O3. The highest BCUT2D eigenvalue weighted by Crippen LogP contribution is 2.38. The molecule has 0 aromatic heterocycles. The first-order valence-electron chi connectivity index (χ1n) is 8.74. The van der Waals surface area contributed by atoms with Crippen molar-refractivity contribution in [3.8, 4) is 0 Å². The number of allylic oxidation sites excluding steroid dienone is 1. The molecule has 0 aliphatic carbocycles. The first-order valence-corrected chi connectivity index (χ1v) is 9.49. The maximum absolute atomic E-state index is 12.6. The summed E-state index contributed by atoms with van der Waals surface area (Å²) in [6, 6.07) is 2.43. The number of benzene rings is 1. The summed E-state index contributed by atoms with van der Waals surface area (Å²) in [6.07, 6.45) is 0.870. The number of anilines is 2. The van der Waals surface area contributed by atoms with Gasteiger partial charge in [-0.1, -0.05) is 35.7 Å². The van der Waals surface area contributed by atoms with E-state index in [0.29, 0.717) is 22.8 Å². The molecule has 1 aromatic carbocycles. The van der Waals surface area contributed by atoms with Crippen molar-refractivity contribution in [2.75, 3.05) is 16.8 Å². The van der Waals surface area contributed by atoms with Crippen LogP contribution in [0.5, 0.6) is 0 Å². The van der Waals surface area contributed by atoms with E-state index in [-0.39, 0.29) is 34.9 Å². The molecule has 0 saturated carbocycles. The van der Waals surface area contributed by atoms with Crippen molar-refractivity contribution in [3.63, 3.8) is 0 Å². The number of carbonyl (C=O) groups excluding carboxylic acids is 3. The SMILES string of the molecule is CCCNC(=O)C(C)Nc1cc(N2C(=O)CC(=C(C)C)C2=O)c(Cl)cc1Cl. The van der Waals surface area contributed by atoms with E-state index in [1.165, 1.54) is 12.1 Å². The number of hydrogen-bond acceptors (Lipinski definition) is 4. The Kier molecular flexibility index (Phi) is 6.89. The molecular weight excluding hydrogens is 389 g/mol. The van der Waals surface area contributed by atoms with Crippen molar-refractivity contribution in [1.82, 2.24) is 5.32 Å². The van der Waals surface area contributed by atoms with Gasteiger partial charge >= 0.3 is 0 Å². The number of halogens is 2. The van der Waals surface area contributed by atoms with Crippen LogP contribution in [0.15, 0.2) is 23.3 Å². The van der Waals surface area contributed by atoms with Gasteiger partial charge in [0.25, 0.3) is 5.91 Å². The Balaban J connectivity index is 2.34. The lowest BCUT2D eigenvalue weighted by molar-refractivity contribution is -0.122. The molecule has 146 valence electrons. The summed E-state index contributed by atoms with van der Waals surface area (Å²) in [5, 5.41) is 6.28. The summed E-state index contributed by atoms with van der Waals surface area (Å²) in [6.45, 7) is 7.81. The van der Waals surface area contributed by atoms with Crippen LogP contribution in [0.1, 0.15) is 40.5 Å². The van der Waals surface area contributed by atoms with Gasteiger partial charge in [0.1, 0.15) is 6.04 Å². The predicted octanol–water partition coefficient (Wildman–Crippen LogP) is 3.92. The van der Waals surface area contributed by atoms with E-state index >= 15 is 0 Å². The topological polar surface area (TPSA) is 78.5 Å². The predicted molar refractivity (Wildman–Crippen MR) is 108 cm³/mol. The molecule has 0 radical (unpaired) electrons. The van der Waals surface area contributed by atoms with Gasteiger partial charge in [-0.25, -0.2) is 4.90 Å². The van der Waals surface area contributed by atoms with Crippen LogP contribution in [0.25, 0.3) is 0 Å². The minimum absolute atomic E-state index is 0.0404. The van der Waals surface area contributed by atoms with E-state index in [1.54, 1.807) is 20.8 Å². The van der Waals surface area contributed by atoms with Gasteiger partial charge in [-0.05, 0) is 39.3 Å². The van der Waals surface area contributed by atoms with Crippen molar-refractivity contribution in [3.05, 3.63) is 33.3 Å². The van der Waals surface area contributed by atoms with Crippen LogP contribution < -0.4 is 15.5 Å². The second-order valence-corrected chi connectivity index (χ2v) is 7.44. The summed E-state index contributed by atoms with van der Waals surface area (Å²) < 4.78 is 0. The average Bonchev–Trinajstić information content (AvgIpc) is 2.90. The maximum atomic E-state index is 12.6. The van der Waals surface area contributed by atoms with Crippen LogP contribution in [0, 0.1) is 0 Å². The van der Waals surface area contributed by atoms with Crippen molar-refractivity contribution in [1.29, 1.82) is 0 Å². The zero-order chi connectivity index (χ0) is 20.3. The lowest BCUT2D eigenvalue weighted by atomic mass is 10.1. The number of nitrogens with one attached hydrogen (secondary N) is 2. The van der Waals surface area contributed by atoms with E-state index in [9.17, 15) is 14.4 Å². The standard InChI is InChI=1S/C19H23Cl2N3O3/c1-5-6-22-18(26)11(4)23-15-9-16(14(21)8-13(15)20)24-17(25)7-12(10(2)3)19(24)27/h8-9,11,23H,5-7H2,1-4H3,(H,22,26). The Bertz CT molecular complexity index is 817. The van der Waals surface area contributed by atoms with Gasteiger partial charge in [-0.15, -0.1) is 0 Å². The molecule has 1 unspecified atom stereocenters. The van der Waals surface area contributed by atoms with Gasteiger partial charge in [-0.2, -0.15) is 0 Å². The molecule has 6 nitrogen and oxygen atoms in total. The Morgan fingerprint density at radius 1 is 1.22 bits per heavy atom. The fourth-order valence-electron chi connectivity index (χ4n) is 2.71. The molecule has 1 atom stereocenters. The lowest BCUT2D eigenvalue weighted by Crippen LogP contribution is -2.38. The van der Waals surface area contributed by atoms with Crippen LogP contribution in [-0.2, 0) is 14.4 Å². The molecule has 1 aliphatic rings. The van der Waals surface area contributed by atoms with E-state index < -0.39 is 6.04 Å². The van der Waals surface area contributed by atoms with Crippen molar-refractivity contribution in [2.45, 2.75) is 46.6 Å². The highest BCUT2D eigenvalue weighted by Gasteiger charge is 2.37. The van der Waals surface area contributed by atoms with Crippen LogP contribution >= 0.6 is 23.2 Å². The Hall–Kier alpha value is -2.05. The lowest BCUT2D eigenvalue weighted by Gasteiger charge is -2.20. The van der Waals surface area contributed by atoms with Crippen molar-refractivity contribution >= 4 is 52.3 Å². The molecule has 1 aromatic rings. The molecule has 2 N–H and O–H groups in total. The first kappa shape index (κ1) is 21.3. The summed E-state index contributed by atoms with van der Waals surface area (Å²) >= 11 is 12.5. The summed E-state index contributed by atoms with van der Waals surface area (Å²) in [5.41, 5.74) is 1.92. The van der Waals surface area contributed by atoms with Gasteiger partial charge < -0.3 is 10.6 Å². The molecule has 27 heavy (non-hydrogen) atoms. The maximum Gasteiger partial charge on any atom is 0.261 e. The highest BCUT2D eigenvalue weighted by molar-refractivity contribution is 6.40. The molecule has 1 fully saturated rings. The fourth-order valence-corrected chi connectivity index (χ4v) is 3.23. The van der Waals surface area contributed by atoms with Crippen LogP contribution in [0.3, 0.4) is 0 Å². The Labute approximate surface area is 168 Å². The van der Waals surface area contributed by atoms with Crippen LogP contribution in [0.2, 0.25) is 10.0 Å². The van der Waals surface area contributed by atoms with Crippen LogP contribution in [0.4, 0.5) is 11.4 Å². The van der Waals surface area contributed by atoms with Crippen molar-refractivity contribution < 1.29 is 14.4 Å². The van der Waals surface area contributed by atoms with E-state index in [2.05, 4.69) is 10.6 Å². The molecule has 0 spiro atoms. The molecule has 3 amide bonds. The highest BCUT2D eigenvalue weighted by atomic mass is 35.5. The first-order chi connectivity index (χ1) is 12.7. The third-order valence-electron chi connectivity index (χ3n) is 4.23. The van der Waals surface area contributed by atoms with Gasteiger partial charge in [-0.3, -0.25) is 14.4 Å². The number of amides is 3. The van der Waals surface area contributed by atoms with E-state index in [1.807, 2.05) is 6.92 Å². The number of hydrogen-bond donors (Lipinski definition) is 2. The third-order valence-corrected chi connectivity index (χ3v) is 4.85. The Morgan fingerprint density at radius 3 is 2.44 bits per heavy atom. The van der Waals surface area contributed by atoms with Crippen molar-refractivity contribution in [2.24, 2.45) is 0 Å². The minimum atomic E-state index is -0.554. The molecule has 1 heterocycles. The molecule has 0 bridgehead atoms. The van der Waals surface area contributed by atoms with E-state index in [0.717, 1.165) is 16.9 Å². The second kappa shape index (κ2) is 8.76. The number of nitrogens with zero attached hydrogens (tertiary/aromatic N) is 1. The second-order valence-electron chi connectivity index (χ2n) is 6.63. The summed E-state index contributed by atoms with van der Waals surface area (Å²) in [4.78, 5) is 38.2. The number of rotatable bonds is 6. The van der Waals surface area contributed by atoms with Gasteiger partial charge in [0.05, 0.1) is 27.8 Å². The van der Waals surface area contributed by atoms with Gasteiger partial charge in [0, 0.05) is 12.1 Å². The molecule has 1 saturated heterocycles. The van der Waals surface area contributed by atoms with Gasteiger partial charge in [0.15, 0.2) is 0 Å². The average molecular weight is 412 g/mol. The largest absolute Gasteiger partial charge is 0.373 e. The number of imide groups is 1. The normalized spacial score (nSPS) is 15.2. The minimum Gasteiger partial charge on any atom is -0.373 e. The summed E-state index contributed by atoms with van der Waals surface area (Å²) in [7, 11) is 0. The smallest absolute Gasteiger partial charge is 0.261 e. The Morgan fingerprint density at radius 2 is 1.89 bits per heavy atom. The molecule has 1 aliphatic heterocycles. The van der Waals surface area contributed by atoms with E-state index in [4.69, 9.17) is 23.2 Å². The third kappa shape index (κ3) is 4.62. The zero-order valence-corrected chi connectivity index (χ0v) is 17.3. The monoisotopic (exact) mass is 411 g/mol. The van der Waals surface area contributed by atoms with Gasteiger partial charge in [0.2, 0.25) is 11.8 Å². The summed E-state index contributed by atoms with van der Waals surface area (Å²) in [5.74, 6) is -0.909.